The molecule has 0 saturated heterocycles. The fourth-order valence-corrected chi connectivity index (χ4v) is 2.22. The molecule has 0 fully saturated rings. The van der Waals surface area contributed by atoms with E-state index in [1.165, 1.54) is 35.7 Å². The second-order valence-corrected chi connectivity index (χ2v) is 5.02. The van der Waals surface area contributed by atoms with Gasteiger partial charge >= 0.3 is 0 Å². The lowest BCUT2D eigenvalue weighted by molar-refractivity contribution is 0.776. The first-order valence-corrected chi connectivity index (χ1v) is 7.04. The Morgan fingerprint density at radius 1 is 1.13 bits per heavy atom. The number of unbranched alkanes of at least 4 members (excludes halogenated alkanes) is 1. The predicted molar refractivity (Wildman–Crippen MR) is 69.6 cm³/mol. The largest absolute Gasteiger partial charge is 0.258 e. The molecular weight excluding hydrogens is 202 g/mol. The van der Waals surface area contributed by atoms with E-state index in [1.807, 2.05) is 11.8 Å². The molecule has 15 heavy (non-hydrogen) atoms. The molecule has 0 aliphatic carbocycles. The van der Waals surface area contributed by atoms with Gasteiger partial charge in [0.2, 0.25) is 0 Å². The van der Waals surface area contributed by atoms with Crippen molar-refractivity contribution in [3.8, 4) is 0 Å². The van der Waals surface area contributed by atoms with E-state index in [9.17, 15) is 0 Å². The lowest BCUT2D eigenvalue weighted by atomic mass is 10.1. The minimum absolute atomic E-state index is 1.04. The Morgan fingerprint density at radius 2 is 1.93 bits per heavy atom. The zero-order chi connectivity index (χ0) is 10.9. The third kappa shape index (κ3) is 5.22. The van der Waals surface area contributed by atoms with Crippen LogP contribution in [0, 0.1) is 0 Å². The van der Waals surface area contributed by atoms with Crippen molar-refractivity contribution in [3.05, 3.63) is 29.6 Å². The highest BCUT2D eigenvalue weighted by Crippen LogP contribution is 2.08. The molecule has 0 amide bonds. The predicted octanol–water partition coefficient (Wildman–Crippen LogP) is 3.72. The van der Waals surface area contributed by atoms with Gasteiger partial charge in [-0.25, -0.2) is 0 Å². The molecule has 0 saturated carbocycles. The average molecular weight is 223 g/mol. The smallest absolute Gasteiger partial charge is 0.0406 e. The fraction of sp³-hybridized carbons (Fsp3) is 0.615. The third-order valence-corrected chi connectivity index (χ3v) is 3.39. The minimum Gasteiger partial charge on any atom is -0.258 e. The van der Waals surface area contributed by atoms with Crippen molar-refractivity contribution >= 4 is 11.8 Å². The second kappa shape index (κ2) is 7.75. The van der Waals surface area contributed by atoms with Gasteiger partial charge in [0.25, 0.3) is 0 Å². The number of aromatic nitrogens is 1. The van der Waals surface area contributed by atoms with Gasteiger partial charge in [0.05, 0.1) is 0 Å². The normalized spacial score (nSPS) is 10.5. The molecule has 1 aromatic heterocycles. The summed E-state index contributed by atoms with van der Waals surface area (Å²) in [5.74, 6) is 2.54. The lowest BCUT2D eigenvalue weighted by Gasteiger charge is -2.02. The van der Waals surface area contributed by atoms with Crippen molar-refractivity contribution in [2.24, 2.45) is 0 Å². The molecule has 0 spiro atoms. The van der Waals surface area contributed by atoms with Crippen molar-refractivity contribution in [1.29, 1.82) is 0 Å². The number of pyridine rings is 1. The zero-order valence-electron chi connectivity index (χ0n) is 9.83. The Morgan fingerprint density at radius 3 is 2.67 bits per heavy atom. The second-order valence-electron chi connectivity index (χ2n) is 3.63. The van der Waals surface area contributed by atoms with E-state index in [0.29, 0.717) is 0 Å². The van der Waals surface area contributed by atoms with Crippen molar-refractivity contribution < 1.29 is 0 Å². The molecule has 1 heterocycles. The molecule has 1 rings (SSSR count). The van der Waals surface area contributed by atoms with E-state index < -0.39 is 0 Å². The quantitative estimate of drug-likeness (QED) is 0.653. The maximum absolute atomic E-state index is 4.60. The molecule has 1 aromatic rings. The Kier molecular flexibility index (Phi) is 6.49. The van der Waals surface area contributed by atoms with Gasteiger partial charge in [-0.05, 0) is 49.3 Å². The summed E-state index contributed by atoms with van der Waals surface area (Å²) in [6, 6.07) is 6.38. The summed E-state index contributed by atoms with van der Waals surface area (Å²) >= 11 is 2.03. The van der Waals surface area contributed by atoms with Crippen LogP contribution in [0.1, 0.15) is 38.1 Å². The third-order valence-electron chi connectivity index (χ3n) is 2.40. The molecule has 0 radical (unpaired) electrons. The minimum atomic E-state index is 1.04. The van der Waals surface area contributed by atoms with E-state index in [1.54, 1.807) is 0 Å². The Hall–Kier alpha value is -0.500. The molecular formula is C13H21NS. The van der Waals surface area contributed by atoms with Crippen LogP contribution in [0.2, 0.25) is 0 Å². The number of nitrogens with zero attached hydrogens (tertiary/aromatic N) is 1. The van der Waals surface area contributed by atoms with Gasteiger partial charge in [-0.2, -0.15) is 11.8 Å². The summed E-state index contributed by atoms with van der Waals surface area (Å²) in [5, 5.41) is 0. The maximum atomic E-state index is 4.60. The molecule has 84 valence electrons. The topological polar surface area (TPSA) is 12.9 Å². The molecule has 0 aliphatic rings. The number of hydrogen-bond donors (Lipinski definition) is 0. The highest BCUT2D eigenvalue weighted by Gasteiger charge is 1.96. The highest BCUT2D eigenvalue weighted by atomic mass is 32.2. The van der Waals surface area contributed by atoms with Crippen LogP contribution in [0.4, 0.5) is 0 Å². The number of aryl methyl sites for hydroxylation is 2. The van der Waals surface area contributed by atoms with Crippen molar-refractivity contribution in [2.45, 2.75) is 39.5 Å². The molecule has 0 unspecified atom stereocenters. The molecule has 1 nitrogen and oxygen atoms in total. The monoisotopic (exact) mass is 223 g/mol. The first-order valence-electron chi connectivity index (χ1n) is 5.89. The van der Waals surface area contributed by atoms with Crippen molar-refractivity contribution in [2.75, 3.05) is 11.5 Å². The molecule has 0 bridgehead atoms. The molecule has 0 N–H and O–H groups in total. The van der Waals surface area contributed by atoms with Gasteiger partial charge < -0.3 is 0 Å². The summed E-state index contributed by atoms with van der Waals surface area (Å²) in [5.41, 5.74) is 2.48. The highest BCUT2D eigenvalue weighted by molar-refractivity contribution is 7.99. The van der Waals surface area contributed by atoms with Crippen LogP contribution < -0.4 is 0 Å². The van der Waals surface area contributed by atoms with Crippen LogP contribution in [0.3, 0.4) is 0 Å². The molecule has 0 aliphatic heterocycles. The van der Waals surface area contributed by atoms with Gasteiger partial charge in [-0.15, -0.1) is 0 Å². The summed E-state index contributed by atoms with van der Waals surface area (Å²) in [7, 11) is 0. The van der Waals surface area contributed by atoms with Crippen molar-refractivity contribution in [3.63, 3.8) is 0 Å². The standard InChI is InChI=1S/C13H21NS/c1-3-12-9-7-10-13(14-12)8-5-6-11-15-4-2/h7,9-10H,3-6,8,11H2,1-2H3. The number of thioether (sulfide) groups is 1. The summed E-state index contributed by atoms with van der Waals surface area (Å²) in [6.45, 7) is 4.38. The van der Waals surface area contributed by atoms with E-state index in [-0.39, 0.29) is 0 Å². The van der Waals surface area contributed by atoms with Crippen LogP contribution in [0.15, 0.2) is 18.2 Å². The van der Waals surface area contributed by atoms with Gasteiger partial charge in [0.1, 0.15) is 0 Å². The molecule has 0 aromatic carbocycles. The van der Waals surface area contributed by atoms with Crippen LogP contribution in [0.25, 0.3) is 0 Å². The molecule has 2 heteroatoms. The Bertz CT molecular complexity index is 273. The van der Waals surface area contributed by atoms with Gasteiger partial charge in [-0.1, -0.05) is 19.9 Å². The van der Waals surface area contributed by atoms with Gasteiger partial charge in [0.15, 0.2) is 0 Å². The van der Waals surface area contributed by atoms with Crippen molar-refractivity contribution in [1.82, 2.24) is 4.98 Å². The Labute approximate surface area is 97.7 Å². The fourth-order valence-electron chi connectivity index (χ4n) is 1.52. The van der Waals surface area contributed by atoms with E-state index in [2.05, 4.69) is 37.0 Å². The van der Waals surface area contributed by atoms with E-state index in [0.717, 1.165) is 12.8 Å². The lowest BCUT2D eigenvalue weighted by Crippen LogP contribution is -1.95. The number of hydrogen-bond acceptors (Lipinski definition) is 2. The van der Waals surface area contributed by atoms with Gasteiger partial charge in [0, 0.05) is 11.4 Å². The van der Waals surface area contributed by atoms with Gasteiger partial charge in [-0.3, -0.25) is 4.98 Å². The van der Waals surface area contributed by atoms with Crippen LogP contribution in [-0.4, -0.2) is 16.5 Å². The Balaban J connectivity index is 2.24. The SMILES string of the molecule is CCSCCCCc1cccc(CC)n1. The first-order chi connectivity index (χ1) is 7.36. The summed E-state index contributed by atoms with van der Waals surface area (Å²) in [6.07, 6.45) is 4.77. The average Bonchev–Trinajstić information content (AvgIpc) is 2.29. The zero-order valence-corrected chi connectivity index (χ0v) is 10.6. The van der Waals surface area contributed by atoms with Crippen LogP contribution in [-0.2, 0) is 12.8 Å². The summed E-state index contributed by atoms with van der Waals surface area (Å²) < 4.78 is 0. The van der Waals surface area contributed by atoms with E-state index >= 15 is 0 Å². The van der Waals surface area contributed by atoms with E-state index in [4.69, 9.17) is 0 Å². The maximum Gasteiger partial charge on any atom is 0.0406 e. The van der Waals surface area contributed by atoms with Crippen LogP contribution >= 0.6 is 11.8 Å². The van der Waals surface area contributed by atoms with Crippen LogP contribution in [0.5, 0.6) is 0 Å². The molecule has 0 atom stereocenters. The number of rotatable bonds is 7. The first kappa shape index (κ1) is 12.6. The summed E-state index contributed by atoms with van der Waals surface area (Å²) in [4.78, 5) is 4.60.